The highest BCUT2D eigenvalue weighted by Gasteiger charge is 2.70. The molecule has 4 heteroatoms. The SMILES string of the molecule is Cc1cc2c(cnn2-c2ccc(F)cc2)cc1C12CN(Cc3ccccc3)CC1C2c1ccccc1. The van der Waals surface area contributed by atoms with Crippen LogP contribution < -0.4 is 0 Å². The molecule has 0 N–H and O–H groups in total. The monoisotopic (exact) mass is 473 g/mol. The van der Waals surface area contributed by atoms with Gasteiger partial charge in [-0.25, -0.2) is 9.07 Å². The maximum Gasteiger partial charge on any atom is 0.123 e. The third-order valence-electron chi connectivity index (χ3n) is 8.34. The average molecular weight is 474 g/mol. The first kappa shape index (κ1) is 21.5. The number of hydrogen-bond donors (Lipinski definition) is 0. The Balaban J connectivity index is 1.29. The van der Waals surface area contributed by atoms with Gasteiger partial charge in [0.05, 0.1) is 17.4 Å². The number of likely N-dealkylation sites (tertiary alicyclic amines) is 1. The van der Waals surface area contributed by atoms with E-state index in [1.807, 2.05) is 10.9 Å². The van der Waals surface area contributed by atoms with Gasteiger partial charge >= 0.3 is 0 Å². The van der Waals surface area contributed by atoms with Gasteiger partial charge in [-0.15, -0.1) is 0 Å². The highest BCUT2D eigenvalue weighted by Crippen LogP contribution is 2.69. The van der Waals surface area contributed by atoms with Crippen LogP contribution in [-0.2, 0) is 12.0 Å². The van der Waals surface area contributed by atoms with Crippen molar-refractivity contribution >= 4 is 10.9 Å². The van der Waals surface area contributed by atoms with Crippen molar-refractivity contribution in [2.75, 3.05) is 13.1 Å². The maximum absolute atomic E-state index is 13.5. The number of rotatable bonds is 5. The Hall–Kier alpha value is -3.76. The van der Waals surface area contributed by atoms with Gasteiger partial charge < -0.3 is 0 Å². The van der Waals surface area contributed by atoms with E-state index < -0.39 is 0 Å². The van der Waals surface area contributed by atoms with Crippen molar-refractivity contribution in [3.63, 3.8) is 0 Å². The Labute approximate surface area is 210 Å². The fraction of sp³-hybridized carbons (Fsp3) is 0.219. The smallest absolute Gasteiger partial charge is 0.123 e. The summed E-state index contributed by atoms with van der Waals surface area (Å²) < 4.78 is 15.4. The van der Waals surface area contributed by atoms with Gasteiger partial charge in [-0.2, -0.15) is 5.10 Å². The van der Waals surface area contributed by atoms with Gasteiger partial charge in [0.2, 0.25) is 0 Å². The van der Waals surface area contributed by atoms with Gasteiger partial charge in [0.15, 0.2) is 0 Å². The summed E-state index contributed by atoms with van der Waals surface area (Å²) in [6.45, 7) is 5.40. The zero-order valence-electron chi connectivity index (χ0n) is 20.3. The summed E-state index contributed by atoms with van der Waals surface area (Å²) in [4.78, 5) is 2.63. The molecule has 4 aromatic carbocycles. The van der Waals surface area contributed by atoms with Crippen molar-refractivity contribution in [1.82, 2.24) is 14.7 Å². The Kier molecular flexibility index (Phi) is 4.87. The van der Waals surface area contributed by atoms with E-state index in [1.54, 1.807) is 12.1 Å². The fourth-order valence-electron chi connectivity index (χ4n) is 6.79. The van der Waals surface area contributed by atoms with Crippen LogP contribution in [0.15, 0.2) is 103 Å². The molecule has 5 aromatic rings. The molecule has 0 amide bonds. The van der Waals surface area contributed by atoms with Crippen LogP contribution in [-0.4, -0.2) is 27.8 Å². The molecule has 1 aliphatic heterocycles. The molecule has 1 saturated carbocycles. The Morgan fingerprint density at radius 1 is 0.917 bits per heavy atom. The number of nitrogens with zero attached hydrogens (tertiary/aromatic N) is 3. The molecule has 3 atom stereocenters. The van der Waals surface area contributed by atoms with Gasteiger partial charge in [-0.05, 0) is 71.5 Å². The minimum absolute atomic E-state index is 0.117. The highest BCUT2D eigenvalue weighted by atomic mass is 19.1. The number of benzene rings is 4. The lowest BCUT2D eigenvalue weighted by atomic mass is 9.86. The highest BCUT2D eigenvalue weighted by molar-refractivity contribution is 5.83. The average Bonchev–Trinajstić information content (AvgIpc) is 3.15. The number of aromatic nitrogens is 2. The van der Waals surface area contributed by atoms with E-state index in [9.17, 15) is 4.39 Å². The van der Waals surface area contributed by atoms with Crippen molar-refractivity contribution in [3.05, 3.63) is 131 Å². The molecule has 1 aliphatic carbocycles. The second kappa shape index (κ2) is 8.14. The molecule has 2 heterocycles. The van der Waals surface area contributed by atoms with E-state index >= 15 is 0 Å². The van der Waals surface area contributed by atoms with Crippen LogP contribution in [0.1, 0.15) is 28.2 Å². The third kappa shape index (κ3) is 3.32. The second-order valence-electron chi connectivity index (χ2n) is 10.4. The predicted molar refractivity (Wildman–Crippen MR) is 142 cm³/mol. The van der Waals surface area contributed by atoms with Crippen LogP contribution in [0.4, 0.5) is 4.39 Å². The zero-order chi connectivity index (χ0) is 24.3. The summed E-state index contributed by atoms with van der Waals surface area (Å²) in [6.07, 6.45) is 1.95. The second-order valence-corrected chi connectivity index (χ2v) is 10.4. The molecule has 1 saturated heterocycles. The molecule has 36 heavy (non-hydrogen) atoms. The molecule has 2 aliphatic rings. The lowest BCUT2D eigenvalue weighted by molar-refractivity contribution is 0.282. The number of hydrogen-bond acceptors (Lipinski definition) is 2. The minimum atomic E-state index is -0.235. The lowest BCUT2D eigenvalue weighted by Crippen LogP contribution is -2.29. The topological polar surface area (TPSA) is 21.1 Å². The minimum Gasteiger partial charge on any atom is -0.298 e. The van der Waals surface area contributed by atoms with E-state index in [0.29, 0.717) is 11.8 Å². The first-order valence-electron chi connectivity index (χ1n) is 12.7. The molecular weight excluding hydrogens is 445 g/mol. The summed E-state index contributed by atoms with van der Waals surface area (Å²) in [7, 11) is 0. The van der Waals surface area contributed by atoms with Crippen LogP contribution in [0.2, 0.25) is 0 Å². The van der Waals surface area contributed by atoms with Crippen LogP contribution >= 0.6 is 0 Å². The van der Waals surface area contributed by atoms with Crippen LogP contribution in [0.5, 0.6) is 0 Å². The van der Waals surface area contributed by atoms with Gasteiger partial charge in [-0.1, -0.05) is 60.7 Å². The standard InChI is InChI=1S/C32H28FN3/c1-22-16-30-25(18-34-36(30)27-14-12-26(33)13-15-27)17-28(22)32-21-35(19-23-8-4-2-5-9-23)20-29(32)31(32)24-10-6-3-7-11-24/h2-18,29,31H,19-21H2,1H3. The van der Waals surface area contributed by atoms with Crippen molar-refractivity contribution in [2.24, 2.45) is 5.92 Å². The number of piperidine rings is 1. The van der Waals surface area contributed by atoms with E-state index in [-0.39, 0.29) is 11.2 Å². The summed E-state index contributed by atoms with van der Waals surface area (Å²) in [5.74, 6) is 0.904. The van der Waals surface area contributed by atoms with Gasteiger partial charge in [0, 0.05) is 36.4 Å². The third-order valence-corrected chi connectivity index (χ3v) is 8.34. The van der Waals surface area contributed by atoms with Crippen molar-refractivity contribution in [3.8, 4) is 5.69 Å². The van der Waals surface area contributed by atoms with Crippen LogP contribution in [0.3, 0.4) is 0 Å². The summed E-state index contributed by atoms with van der Waals surface area (Å²) in [5.41, 5.74) is 7.62. The molecule has 0 radical (unpaired) electrons. The molecule has 0 spiro atoms. The van der Waals surface area contributed by atoms with Gasteiger partial charge in [0.25, 0.3) is 0 Å². The molecule has 0 bridgehead atoms. The molecule has 3 nitrogen and oxygen atoms in total. The van der Waals surface area contributed by atoms with Crippen molar-refractivity contribution < 1.29 is 4.39 Å². The zero-order valence-corrected chi connectivity index (χ0v) is 20.3. The van der Waals surface area contributed by atoms with E-state index in [4.69, 9.17) is 0 Å². The Morgan fingerprint density at radius 3 is 2.39 bits per heavy atom. The number of aryl methyl sites for hydroxylation is 1. The number of fused-ring (bicyclic) bond motifs is 2. The largest absolute Gasteiger partial charge is 0.298 e. The quantitative estimate of drug-likeness (QED) is 0.285. The summed E-state index contributed by atoms with van der Waals surface area (Å²) in [5, 5.41) is 5.80. The summed E-state index contributed by atoms with van der Waals surface area (Å²) >= 11 is 0. The predicted octanol–water partition coefficient (Wildman–Crippen LogP) is 6.64. The summed E-state index contributed by atoms with van der Waals surface area (Å²) in [6, 6.07) is 33.0. The van der Waals surface area contributed by atoms with E-state index in [2.05, 4.69) is 89.7 Å². The molecule has 7 rings (SSSR count). The Morgan fingerprint density at radius 2 is 1.64 bits per heavy atom. The van der Waals surface area contributed by atoms with Gasteiger partial charge in [0.1, 0.15) is 5.82 Å². The van der Waals surface area contributed by atoms with Crippen LogP contribution in [0, 0.1) is 18.7 Å². The lowest BCUT2D eigenvalue weighted by Gasteiger charge is -2.26. The molecule has 1 aromatic heterocycles. The fourth-order valence-corrected chi connectivity index (χ4v) is 6.79. The normalized spacial score (nSPS) is 23.2. The molecule has 178 valence electrons. The Bertz CT molecular complexity index is 1540. The molecule has 2 fully saturated rings. The number of halogens is 1. The molecule has 3 unspecified atom stereocenters. The van der Waals surface area contributed by atoms with Crippen molar-refractivity contribution in [1.29, 1.82) is 0 Å². The van der Waals surface area contributed by atoms with Crippen LogP contribution in [0.25, 0.3) is 16.6 Å². The van der Waals surface area contributed by atoms with Crippen molar-refractivity contribution in [2.45, 2.75) is 24.8 Å². The van der Waals surface area contributed by atoms with E-state index in [0.717, 1.165) is 36.2 Å². The molecular formula is C32H28FN3. The first-order valence-corrected chi connectivity index (χ1v) is 12.7. The maximum atomic E-state index is 13.5. The first-order chi connectivity index (χ1) is 17.6. The van der Waals surface area contributed by atoms with Gasteiger partial charge in [-0.3, -0.25) is 4.90 Å². The van der Waals surface area contributed by atoms with E-state index in [1.165, 1.54) is 34.4 Å².